The molecule has 9 heteroatoms. The zero-order valence-electron chi connectivity index (χ0n) is 20.7. The number of benzene rings is 3. The van der Waals surface area contributed by atoms with Crippen molar-refractivity contribution >= 4 is 40.1 Å². The number of rotatable bonds is 8. The molecule has 0 aliphatic carbocycles. The Morgan fingerprint density at radius 3 is 2.42 bits per heavy atom. The summed E-state index contributed by atoms with van der Waals surface area (Å²) in [6.07, 6.45) is 2.89. The highest BCUT2D eigenvalue weighted by Crippen LogP contribution is 2.25. The van der Waals surface area contributed by atoms with Gasteiger partial charge in [0.05, 0.1) is 10.6 Å². The molecule has 0 saturated carbocycles. The lowest BCUT2D eigenvalue weighted by atomic mass is 10.1. The number of aryl methyl sites for hydroxylation is 2. The molecule has 0 atom stereocenters. The summed E-state index contributed by atoms with van der Waals surface area (Å²) in [6, 6.07) is 16.0. The van der Waals surface area contributed by atoms with Crippen molar-refractivity contribution in [2.24, 2.45) is 0 Å². The zero-order chi connectivity index (χ0) is 25.8. The summed E-state index contributed by atoms with van der Waals surface area (Å²) in [7, 11) is 0. The van der Waals surface area contributed by atoms with Crippen LogP contribution in [0.1, 0.15) is 30.5 Å². The van der Waals surface area contributed by atoms with Crippen LogP contribution in [0.2, 0.25) is 0 Å². The van der Waals surface area contributed by atoms with Gasteiger partial charge in [0.15, 0.2) is 0 Å². The number of aromatic nitrogens is 3. The molecule has 0 unspecified atom stereocenters. The second kappa shape index (κ2) is 10.4. The minimum atomic E-state index is -0.468. The first-order valence-electron chi connectivity index (χ1n) is 11.8. The van der Waals surface area contributed by atoms with Gasteiger partial charge in [-0.3, -0.25) is 14.9 Å². The average Bonchev–Trinajstić information content (AvgIpc) is 3.26. The van der Waals surface area contributed by atoms with Gasteiger partial charge in [-0.1, -0.05) is 12.1 Å². The van der Waals surface area contributed by atoms with Crippen molar-refractivity contribution in [1.29, 1.82) is 0 Å². The summed E-state index contributed by atoms with van der Waals surface area (Å²) in [5.74, 6) is -0.348. The fraction of sp³-hybridized carbons (Fsp3) is 0.222. The van der Waals surface area contributed by atoms with E-state index >= 15 is 0 Å². The Balaban J connectivity index is 1.55. The van der Waals surface area contributed by atoms with Gasteiger partial charge in [0.25, 0.3) is 5.69 Å². The van der Waals surface area contributed by atoms with Crippen molar-refractivity contribution in [1.82, 2.24) is 15.0 Å². The van der Waals surface area contributed by atoms with Crippen LogP contribution in [-0.2, 0) is 4.79 Å². The van der Waals surface area contributed by atoms with Crippen molar-refractivity contribution in [2.45, 2.75) is 27.7 Å². The van der Waals surface area contributed by atoms with Gasteiger partial charge in [0.1, 0.15) is 11.0 Å². The van der Waals surface area contributed by atoms with E-state index in [1.807, 2.05) is 26.0 Å². The van der Waals surface area contributed by atoms with Crippen molar-refractivity contribution in [3.05, 3.63) is 87.5 Å². The number of hydrogen-bond acceptors (Lipinski definition) is 6. The molecule has 0 fully saturated rings. The number of carbonyl (C=O) groups is 1. The topological polar surface area (TPSA) is 106 Å². The third kappa shape index (κ3) is 5.25. The van der Waals surface area contributed by atoms with Crippen LogP contribution in [0.5, 0.6) is 0 Å². The SMILES string of the molecule is CCN(CC)c1ccc(-n2nc3cc(C)c(NC(=O)/C=C/c4cccc([N+](=O)[O-])c4)cc3n2)c(C)c1. The number of nitrogens with one attached hydrogen (secondary N) is 1. The van der Waals surface area contributed by atoms with Gasteiger partial charge >= 0.3 is 0 Å². The van der Waals surface area contributed by atoms with Gasteiger partial charge in [-0.05, 0) is 80.8 Å². The van der Waals surface area contributed by atoms with Crippen molar-refractivity contribution < 1.29 is 9.72 Å². The van der Waals surface area contributed by atoms with E-state index in [4.69, 9.17) is 0 Å². The average molecular weight is 485 g/mol. The van der Waals surface area contributed by atoms with Gasteiger partial charge in [0.2, 0.25) is 5.91 Å². The highest BCUT2D eigenvalue weighted by molar-refractivity contribution is 6.03. The quantitative estimate of drug-likeness (QED) is 0.203. The number of nitro groups is 1. The van der Waals surface area contributed by atoms with Gasteiger partial charge in [-0.25, -0.2) is 0 Å². The van der Waals surface area contributed by atoms with Crippen molar-refractivity contribution in [3.63, 3.8) is 0 Å². The fourth-order valence-electron chi connectivity index (χ4n) is 4.05. The minimum Gasteiger partial charge on any atom is -0.372 e. The molecule has 0 spiro atoms. The largest absolute Gasteiger partial charge is 0.372 e. The predicted octanol–water partition coefficient (Wildman–Crippen LogP) is 5.44. The Morgan fingerprint density at radius 2 is 1.75 bits per heavy atom. The number of amides is 1. The molecule has 0 radical (unpaired) electrons. The standard InChI is InChI=1S/C27H28N6O3/c1-5-31(6-2)21-11-12-26(19(4)14-21)32-29-24-15-18(3)23(17-25(24)30-32)28-27(34)13-10-20-8-7-9-22(16-20)33(35)36/h7-17H,5-6H2,1-4H3,(H,28,34)/b13-10+. The zero-order valence-corrected chi connectivity index (χ0v) is 20.7. The number of hydrogen-bond donors (Lipinski definition) is 1. The normalized spacial score (nSPS) is 11.2. The highest BCUT2D eigenvalue weighted by atomic mass is 16.6. The smallest absolute Gasteiger partial charge is 0.270 e. The maximum atomic E-state index is 12.5. The van der Waals surface area contributed by atoms with E-state index < -0.39 is 4.92 Å². The number of carbonyl (C=O) groups excluding carboxylic acids is 1. The number of fused-ring (bicyclic) bond motifs is 1. The summed E-state index contributed by atoms with van der Waals surface area (Å²) in [5.41, 5.74) is 6.52. The molecule has 1 heterocycles. The first kappa shape index (κ1) is 24.6. The van der Waals surface area contributed by atoms with E-state index in [0.29, 0.717) is 16.8 Å². The Hall–Kier alpha value is -4.53. The van der Waals surface area contributed by atoms with Crippen LogP contribution in [0.3, 0.4) is 0 Å². The molecule has 0 aliphatic rings. The second-order valence-electron chi connectivity index (χ2n) is 8.46. The molecule has 1 amide bonds. The molecule has 184 valence electrons. The second-order valence-corrected chi connectivity index (χ2v) is 8.46. The van der Waals surface area contributed by atoms with Gasteiger partial charge in [-0.2, -0.15) is 4.80 Å². The first-order chi connectivity index (χ1) is 17.3. The predicted molar refractivity (Wildman–Crippen MR) is 143 cm³/mol. The van der Waals surface area contributed by atoms with Crippen LogP contribution in [-0.4, -0.2) is 38.9 Å². The number of non-ortho nitro benzene ring substituents is 1. The molecule has 9 nitrogen and oxygen atoms in total. The van der Waals surface area contributed by atoms with Crippen molar-refractivity contribution in [3.8, 4) is 5.69 Å². The van der Waals surface area contributed by atoms with E-state index in [9.17, 15) is 14.9 Å². The fourth-order valence-corrected chi connectivity index (χ4v) is 4.05. The maximum Gasteiger partial charge on any atom is 0.270 e. The van der Waals surface area contributed by atoms with Crippen LogP contribution in [0.15, 0.2) is 60.7 Å². The van der Waals surface area contributed by atoms with Crippen LogP contribution in [0, 0.1) is 24.0 Å². The Kier molecular flexibility index (Phi) is 7.10. The molecule has 0 aliphatic heterocycles. The van der Waals surface area contributed by atoms with Crippen LogP contribution >= 0.6 is 0 Å². The lowest BCUT2D eigenvalue weighted by Crippen LogP contribution is -2.21. The van der Waals surface area contributed by atoms with Gasteiger partial charge < -0.3 is 10.2 Å². The van der Waals surface area contributed by atoms with Gasteiger partial charge in [0, 0.05) is 42.7 Å². The number of anilines is 2. The van der Waals surface area contributed by atoms with Crippen LogP contribution in [0.4, 0.5) is 17.1 Å². The molecule has 36 heavy (non-hydrogen) atoms. The maximum absolute atomic E-state index is 12.5. The third-order valence-corrected chi connectivity index (χ3v) is 6.02. The molecular formula is C27H28N6O3. The molecule has 4 aromatic rings. The Labute approximate surface area is 209 Å². The number of nitrogens with zero attached hydrogens (tertiary/aromatic N) is 5. The van der Waals surface area contributed by atoms with E-state index in [1.54, 1.807) is 23.0 Å². The summed E-state index contributed by atoms with van der Waals surface area (Å²) in [5, 5.41) is 23.1. The lowest BCUT2D eigenvalue weighted by Gasteiger charge is -2.22. The molecule has 0 saturated heterocycles. The van der Waals surface area contributed by atoms with E-state index in [1.165, 1.54) is 24.3 Å². The highest BCUT2D eigenvalue weighted by Gasteiger charge is 2.12. The summed E-state index contributed by atoms with van der Waals surface area (Å²) in [6.45, 7) is 10.1. The third-order valence-electron chi connectivity index (χ3n) is 6.02. The molecule has 1 aromatic heterocycles. The Bertz CT molecular complexity index is 1470. The summed E-state index contributed by atoms with van der Waals surface area (Å²) in [4.78, 5) is 26.9. The monoisotopic (exact) mass is 484 g/mol. The summed E-state index contributed by atoms with van der Waals surface area (Å²) >= 11 is 0. The first-order valence-corrected chi connectivity index (χ1v) is 11.8. The molecule has 0 bridgehead atoms. The van der Waals surface area contributed by atoms with Crippen LogP contribution in [0.25, 0.3) is 22.8 Å². The van der Waals surface area contributed by atoms with Crippen LogP contribution < -0.4 is 10.2 Å². The molecular weight excluding hydrogens is 456 g/mol. The summed E-state index contributed by atoms with van der Waals surface area (Å²) < 4.78 is 0. The lowest BCUT2D eigenvalue weighted by molar-refractivity contribution is -0.384. The van der Waals surface area contributed by atoms with E-state index in [2.05, 4.69) is 46.4 Å². The van der Waals surface area contributed by atoms with Crippen molar-refractivity contribution in [2.75, 3.05) is 23.3 Å². The molecule has 3 aromatic carbocycles. The Morgan fingerprint density at radius 1 is 1.03 bits per heavy atom. The van der Waals surface area contributed by atoms with E-state index in [0.717, 1.165) is 41.1 Å². The minimum absolute atomic E-state index is 0.0279. The molecule has 4 rings (SSSR count). The number of nitro benzene ring substituents is 1. The van der Waals surface area contributed by atoms with E-state index in [-0.39, 0.29) is 11.6 Å². The van der Waals surface area contributed by atoms with Gasteiger partial charge in [-0.15, -0.1) is 10.2 Å². The molecule has 1 N–H and O–H groups in total.